The number of fused-ring (bicyclic) bond motifs is 1. The maximum absolute atomic E-state index is 13.0. The number of carbonyl (C=O) groups excluding carboxylic acids is 2. The molecule has 2 heterocycles. The number of amides is 2. The molecule has 3 atom stereocenters. The second kappa shape index (κ2) is 9.08. The Bertz CT molecular complexity index is 670. The van der Waals surface area contributed by atoms with E-state index in [1.54, 1.807) is 0 Å². The molecule has 0 bridgehead atoms. The summed E-state index contributed by atoms with van der Waals surface area (Å²) in [6, 6.07) is 10.8. The van der Waals surface area contributed by atoms with E-state index in [1.807, 2.05) is 23.1 Å². The van der Waals surface area contributed by atoms with Gasteiger partial charge in [-0.05, 0) is 24.3 Å². The molecule has 152 valence electrons. The van der Waals surface area contributed by atoms with Crippen LogP contribution in [0.1, 0.15) is 63.0 Å². The average Bonchev–Trinajstić information content (AvgIpc) is 3.21. The third-order valence-electron chi connectivity index (χ3n) is 6.81. The Morgan fingerprint density at radius 3 is 2.50 bits per heavy atom. The predicted molar refractivity (Wildman–Crippen MR) is 110 cm³/mol. The highest BCUT2D eigenvalue weighted by molar-refractivity contribution is 5.84. The van der Waals surface area contributed by atoms with Crippen LogP contribution < -0.4 is 10.6 Å². The highest BCUT2D eigenvalue weighted by atomic mass is 16.2. The molecule has 2 N–H and O–H groups in total. The van der Waals surface area contributed by atoms with Crippen molar-refractivity contribution in [3.63, 3.8) is 0 Å². The summed E-state index contributed by atoms with van der Waals surface area (Å²) < 4.78 is 0. The molecule has 1 aromatic carbocycles. The van der Waals surface area contributed by atoms with E-state index in [2.05, 4.69) is 22.8 Å². The van der Waals surface area contributed by atoms with Gasteiger partial charge in [0.25, 0.3) is 0 Å². The summed E-state index contributed by atoms with van der Waals surface area (Å²) in [5.41, 5.74) is 1.22. The molecule has 1 saturated carbocycles. The van der Waals surface area contributed by atoms with Gasteiger partial charge < -0.3 is 15.5 Å². The van der Waals surface area contributed by atoms with Crippen molar-refractivity contribution in [2.75, 3.05) is 19.6 Å². The minimum absolute atomic E-state index is 0.0394. The molecule has 2 aliphatic heterocycles. The highest BCUT2D eigenvalue weighted by Crippen LogP contribution is 2.42. The SMILES string of the molecule is O=C(CCC(=O)N1C[C@@H]2CNC[C@@H]2[C@H]1c1ccccc1)NC1CCCCCC1. The molecule has 0 spiro atoms. The van der Waals surface area contributed by atoms with Gasteiger partial charge in [0.1, 0.15) is 0 Å². The van der Waals surface area contributed by atoms with Crippen molar-refractivity contribution < 1.29 is 9.59 Å². The third kappa shape index (κ3) is 4.40. The lowest BCUT2D eigenvalue weighted by molar-refractivity contribution is -0.135. The zero-order valence-corrected chi connectivity index (χ0v) is 16.7. The number of nitrogens with one attached hydrogen (secondary N) is 2. The number of carbonyl (C=O) groups is 2. The van der Waals surface area contributed by atoms with Crippen LogP contribution in [0.2, 0.25) is 0 Å². The van der Waals surface area contributed by atoms with Crippen molar-refractivity contribution in [2.24, 2.45) is 11.8 Å². The number of hydrogen-bond donors (Lipinski definition) is 2. The van der Waals surface area contributed by atoms with E-state index in [1.165, 1.54) is 31.2 Å². The fourth-order valence-corrected chi connectivity index (χ4v) is 5.34. The Labute approximate surface area is 168 Å². The Kier molecular flexibility index (Phi) is 6.30. The van der Waals surface area contributed by atoms with Gasteiger partial charge in [-0.2, -0.15) is 0 Å². The molecule has 5 nitrogen and oxygen atoms in total. The van der Waals surface area contributed by atoms with Gasteiger partial charge in [-0.25, -0.2) is 0 Å². The fourth-order valence-electron chi connectivity index (χ4n) is 5.34. The lowest BCUT2D eigenvalue weighted by atomic mass is 9.89. The van der Waals surface area contributed by atoms with Crippen molar-refractivity contribution in [1.82, 2.24) is 15.5 Å². The van der Waals surface area contributed by atoms with E-state index in [0.717, 1.165) is 32.5 Å². The van der Waals surface area contributed by atoms with Gasteiger partial charge in [-0.1, -0.05) is 56.0 Å². The molecule has 0 radical (unpaired) electrons. The van der Waals surface area contributed by atoms with E-state index in [-0.39, 0.29) is 17.9 Å². The first-order valence-electron chi connectivity index (χ1n) is 11.1. The van der Waals surface area contributed by atoms with Gasteiger partial charge in [0, 0.05) is 44.4 Å². The van der Waals surface area contributed by atoms with Gasteiger partial charge in [0.15, 0.2) is 0 Å². The predicted octanol–water partition coefficient (Wildman–Crippen LogP) is 3.02. The van der Waals surface area contributed by atoms with Crippen molar-refractivity contribution in [2.45, 2.75) is 63.5 Å². The molecular formula is C23H33N3O2. The Hall–Kier alpha value is -1.88. The zero-order chi connectivity index (χ0) is 19.3. The second-order valence-corrected chi connectivity index (χ2v) is 8.74. The summed E-state index contributed by atoms with van der Waals surface area (Å²) in [7, 11) is 0. The fraction of sp³-hybridized carbons (Fsp3) is 0.652. The standard InChI is InChI=1S/C23H33N3O2/c27-21(25-19-10-6-1-2-7-11-19)12-13-22(28)26-16-18-14-24-15-20(18)23(26)17-8-4-3-5-9-17/h3-5,8-9,18-20,23-24H,1-2,6-7,10-16H2,(H,25,27)/t18-,20-,23+/m0/s1. The summed E-state index contributed by atoms with van der Waals surface area (Å²) in [6.07, 6.45) is 7.74. The molecule has 4 rings (SSSR count). The largest absolute Gasteiger partial charge is 0.353 e. The van der Waals surface area contributed by atoms with Gasteiger partial charge in [0.05, 0.1) is 6.04 Å². The molecule has 5 heteroatoms. The lowest BCUT2D eigenvalue weighted by Crippen LogP contribution is -2.37. The van der Waals surface area contributed by atoms with E-state index in [9.17, 15) is 9.59 Å². The minimum atomic E-state index is 0.0394. The second-order valence-electron chi connectivity index (χ2n) is 8.74. The van der Waals surface area contributed by atoms with Crippen LogP contribution in [0.4, 0.5) is 0 Å². The Morgan fingerprint density at radius 2 is 1.75 bits per heavy atom. The number of rotatable bonds is 5. The molecule has 28 heavy (non-hydrogen) atoms. The van der Waals surface area contributed by atoms with Crippen molar-refractivity contribution >= 4 is 11.8 Å². The van der Waals surface area contributed by atoms with E-state index < -0.39 is 0 Å². The van der Waals surface area contributed by atoms with Gasteiger partial charge in [0.2, 0.25) is 11.8 Å². The van der Waals surface area contributed by atoms with Crippen molar-refractivity contribution in [3.8, 4) is 0 Å². The van der Waals surface area contributed by atoms with Crippen molar-refractivity contribution in [3.05, 3.63) is 35.9 Å². The quantitative estimate of drug-likeness (QED) is 0.769. The van der Waals surface area contributed by atoms with E-state index in [4.69, 9.17) is 0 Å². The minimum Gasteiger partial charge on any atom is -0.353 e. The Morgan fingerprint density at radius 1 is 1.00 bits per heavy atom. The zero-order valence-electron chi connectivity index (χ0n) is 16.7. The average molecular weight is 384 g/mol. The van der Waals surface area contributed by atoms with E-state index in [0.29, 0.717) is 30.7 Å². The highest BCUT2D eigenvalue weighted by Gasteiger charge is 2.46. The van der Waals surface area contributed by atoms with Crippen LogP contribution in [-0.2, 0) is 9.59 Å². The van der Waals surface area contributed by atoms with Crippen LogP contribution in [-0.4, -0.2) is 42.4 Å². The van der Waals surface area contributed by atoms with Crippen molar-refractivity contribution in [1.29, 1.82) is 0 Å². The molecule has 3 aliphatic rings. The molecule has 1 aliphatic carbocycles. The maximum atomic E-state index is 13.0. The van der Waals surface area contributed by atoms with Gasteiger partial charge in [-0.3, -0.25) is 9.59 Å². The van der Waals surface area contributed by atoms with Crippen LogP contribution in [0, 0.1) is 11.8 Å². The smallest absolute Gasteiger partial charge is 0.223 e. The molecule has 2 saturated heterocycles. The molecule has 0 unspecified atom stereocenters. The monoisotopic (exact) mass is 383 g/mol. The first-order valence-corrected chi connectivity index (χ1v) is 11.1. The summed E-state index contributed by atoms with van der Waals surface area (Å²) >= 11 is 0. The first kappa shape index (κ1) is 19.4. The molecule has 0 aromatic heterocycles. The summed E-state index contributed by atoms with van der Waals surface area (Å²) in [5, 5.41) is 6.65. The van der Waals surface area contributed by atoms with Crippen LogP contribution in [0.5, 0.6) is 0 Å². The number of hydrogen-bond acceptors (Lipinski definition) is 3. The van der Waals surface area contributed by atoms with Crippen LogP contribution >= 0.6 is 0 Å². The van der Waals surface area contributed by atoms with Crippen LogP contribution in [0.25, 0.3) is 0 Å². The molecular weight excluding hydrogens is 350 g/mol. The number of benzene rings is 1. The van der Waals surface area contributed by atoms with E-state index >= 15 is 0 Å². The van der Waals surface area contributed by atoms with Gasteiger partial charge >= 0.3 is 0 Å². The Balaban J connectivity index is 1.34. The summed E-state index contributed by atoms with van der Waals surface area (Å²) in [6.45, 7) is 2.76. The lowest BCUT2D eigenvalue weighted by Gasteiger charge is -2.28. The third-order valence-corrected chi connectivity index (χ3v) is 6.81. The number of likely N-dealkylation sites (tertiary alicyclic amines) is 1. The maximum Gasteiger partial charge on any atom is 0.223 e. The molecule has 3 fully saturated rings. The van der Waals surface area contributed by atoms with Crippen LogP contribution in [0.3, 0.4) is 0 Å². The first-order chi connectivity index (χ1) is 13.7. The van der Waals surface area contributed by atoms with Crippen LogP contribution in [0.15, 0.2) is 30.3 Å². The molecule has 1 aromatic rings. The van der Waals surface area contributed by atoms with Gasteiger partial charge in [-0.15, -0.1) is 0 Å². The summed E-state index contributed by atoms with van der Waals surface area (Å²) in [4.78, 5) is 27.5. The summed E-state index contributed by atoms with van der Waals surface area (Å²) in [5.74, 6) is 1.16. The number of nitrogens with zero attached hydrogens (tertiary/aromatic N) is 1. The molecule has 2 amide bonds. The normalized spacial score (nSPS) is 28.0. The topological polar surface area (TPSA) is 61.4 Å².